The van der Waals surface area contributed by atoms with Crippen LogP contribution >= 0.6 is 15.9 Å². The molecule has 0 saturated carbocycles. The van der Waals surface area contributed by atoms with Crippen LogP contribution in [0, 0.1) is 0 Å². The van der Waals surface area contributed by atoms with Crippen LogP contribution in [0.1, 0.15) is 24.8 Å². The lowest BCUT2D eigenvalue weighted by Gasteiger charge is -2.23. The number of ether oxygens (including phenoxy) is 1. The number of carbonyl (C=O) groups is 2. The molecule has 1 aromatic rings. The van der Waals surface area contributed by atoms with Crippen molar-refractivity contribution >= 4 is 32.6 Å². The van der Waals surface area contributed by atoms with Crippen molar-refractivity contribution in [3.05, 3.63) is 35.9 Å². The summed E-state index contributed by atoms with van der Waals surface area (Å²) in [5.74, 6) is -0.180. The highest BCUT2D eigenvalue weighted by Crippen LogP contribution is 2.19. The number of nitrogens with zero attached hydrogens (tertiary/aromatic N) is 2. The van der Waals surface area contributed by atoms with Crippen LogP contribution < -0.4 is 5.32 Å². The number of nitrogens with one attached hydrogen (secondary N) is 1. The lowest BCUT2D eigenvalue weighted by atomic mass is 10.2. The number of oxime groups is 1. The van der Waals surface area contributed by atoms with Gasteiger partial charge in [-0.1, -0.05) is 35.5 Å². The van der Waals surface area contributed by atoms with Crippen LogP contribution in [0.5, 0.6) is 0 Å². The fourth-order valence-electron chi connectivity index (χ4n) is 2.90. The van der Waals surface area contributed by atoms with Gasteiger partial charge in [0.15, 0.2) is 6.10 Å². The molecule has 7 nitrogen and oxygen atoms in total. The summed E-state index contributed by atoms with van der Waals surface area (Å²) >= 11 is 3.26. The second kappa shape index (κ2) is 8.33. The number of rotatable bonds is 5. The normalized spacial score (nSPS) is 22.3. The van der Waals surface area contributed by atoms with Crippen LogP contribution in [-0.2, 0) is 21.0 Å². The van der Waals surface area contributed by atoms with Crippen LogP contribution in [0.25, 0.3) is 0 Å². The first kappa shape index (κ1) is 17.7. The molecule has 134 valence electrons. The fraction of sp³-hybridized carbons (Fsp3) is 0.471. The highest BCUT2D eigenvalue weighted by atomic mass is 79.9. The Balaban J connectivity index is 1.47. The minimum Gasteiger partial charge on any atom is -0.445 e. The van der Waals surface area contributed by atoms with Crippen molar-refractivity contribution in [2.75, 3.05) is 13.1 Å². The largest absolute Gasteiger partial charge is 0.445 e. The summed E-state index contributed by atoms with van der Waals surface area (Å²) in [6, 6.07) is 8.98. The van der Waals surface area contributed by atoms with Crippen molar-refractivity contribution in [1.82, 2.24) is 10.2 Å². The number of hydrogen-bond donors (Lipinski definition) is 1. The van der Waals surface area contributed by atoms with Gasteiger partial charge in [-0.05, 0) is 34.3 Å². The maximum absolute atomic E-state index is 12.4. The van der Waals surface area contributed by atoms with E-state index in [1.54, 1.807) is 0 Å². The standard InChI is InChI=1S/C17H20BrN3O4/c18-15-9-13(25-20-15)10-19-16(22)14-7-4-8-21(14)17(23)24-11-12-5-2-1-3-6-12/h1-3,5-6,13-14H,4,7-11H2,(H,19,22)/t13-,14-/m0/s1. The maximum atomic E-state index is 12.4. The first-order chi connectivity index (χ1) is 12.1. The Hall–Kier alpha value is -2.09. The van der Waals surface area contributed by atoms with Gasteiger partial charge in [0.2, 0.25) is 5.91 Å². The van der Waals surface area contributed by atoms with E-state index in [2.05, 4.69) is 26.4 Å². The van der Waals surface area contributed by atoms with E-state index in [-0.39, 0.29) is 18.6 Å². The zero-order chi connectivity index (χ0) is 17.6. The van der Waals surface area contributed by atoms with E-state index in [0.29, 0.717) is 25.9 Å². The number of likely N-dealkylation sites (tertiary alicyclic amines) is 1. The Kier molecular flexibility index (Phi) is 5.91. The van der Waals surface area contributed by atoms with Gasteiger partial charge in [0, 0.05) is 13.0 Å². The molecule has 1 saturated heterocycles. The lowest BCUT2D eigenvalue weighted by Crippen LogP contribution is -2.47. The predicted octanol–water partition coefficient (Wildman–Crippen LogP) is 2.40. The van der Waals surface area contributed by atoms with Crippen LogP contribution in [-0.4, -0.2) is 46.8 Å². The van der Waals surface area contributed by atoms with Crippen LogP contribution in [0.2, 0.25) is 0 Å². The first-order valence-electron chi connectivity index (χ1n) is 8.26. The smallest absolute Gasteiger partial charge is 0.410 e. The highest BCUT2D eigenvalue weighted by molar-refractivity contribution is 9.18. The second-order valence-electron chi connectivity index (χ2n) is 6.04. The van der Waals surface area contributed by atoms with Gasteiger partial charge in [0.25, 0.3) is 0 Å². The molecule has 0 radical (unpaired) electrons. The van der Waals surface area contributed by atoms with E-state index < -0.39 is 12.1 Å². The topological polar surface area (TPSA) is 80.2 Å². The molecule has 8 heteroatoms. The molecule has 0 unspecified atom stereocenters. The summed E-state index contributed by atoms with van der Waals surface area (Å²) in [5.41, 5.74) is 0.917. The number of benzene rings is 1. The van der Waals surface area contributed by atoms with E-state index in [4.69, 9.17) is 9.57 Å². The van der Waals surface area contributed by atoms with Gasteiger partial charge in [-0.15, -0.1) is 0 Å². The number of hydrogen-bond acceptors (Lipinski definition) is 5. The second-order valence-corrected chi connectivity index (χ2v) is 6.95. The van der Waals surface area contributed by atoms with Crippen LogP contribution in [0.4, 0.5) is 4.79 Å². The quantitative estimate of drug-likeness (QED) is 0.809. The highest BCUT2D eigenvalue weighted by Gasteiger charge is 2.35. The van der Waals surface area contributed by atoms with Gasteiger partial charge in [-0.3, -0.25) is 9.69 Å². The van der Waals surface area contributed by atoms with Crippen molar-refractivity contribution in [3.8, 4) is 0 Å². The van der Waals surface area contributed by atoms with Crippen molar-refractivity contribution in [1.29, 1.82) is 0 Å². The Morgan fingerprint density at radius 3 is 2.88 bits per heavy atom. The molecule has 25 heavy (non-hydrogen) atoms. The Bertz CT molecular complexity index is 653. The third-order valence-corrected chi connectivity index (χ3v) is 4.66. The molecule has 0 bridgehead atoms. The van der Waals surface area contributed by atoms with E-state index in [1.165, 1.54) is 4.90 Å². The Morgan fingerprint density at radius 2 is 2.16 bits per heavy atom. The van der Waals surface area contributed by atoms with Gasteiger partial charge in [0.05, 0.1) is 6.54 Å². The molecule has 1 N–H and O–H groups in total. The molecule has 1 aromatic carbocycles. The van der Waals surface area contributed by atoms with Gasteiger partial charge < -0.3 is 14.9 Å². The van der Waals surface area contributed by atoms with Crippen molar-refractivity contribution in [2.24, 2.45) is 5.16 Å². The molecule has 2 aliphatic heterocycles. The minimum atomic E-state index is -0.492. The Morgan fingerprint density at radius 1 is 1.36 bits per heavy atom. The number of amides is 2. The van der Waals surface area contributed by atoms with E-state index in [9.17, 15) is 9.59 Å². The summed E-state index contributed by atoms with van der Waals surface area (Å²) in [4.78, 5) is 31.4. The first-order valence-corrected chi connectivity index (χ1v) is 9.06. The molecule has 0 spiro atoms. The summed E-state index contributed by atoms with van der Waals surface area (Å²) in [5, 5.41) is 6.63. The summed E-state index contributed by atoms with van der Waals surface area (Å²) < 4.78 is 6.08. The van der Waals surface area contributed by atoms with Crippen LogP contribution in [0.3, 0.4) is 0 Å². The van der Waals surface area contributed by atoms with Crippen molar-refractivity contribution in [2.45, 2.75) is 38.0 Å². The summed E-state index contributed by atoms with van der Waals surface area (Å²) in [6.45, 7) is 1.09. The van der Waals surface area contributed by atoms with E-state index in [1.807, 2.05) is 30.3 Å². The minimum absolute atomic E-state index is 0.168. The molecule has 3 rings (SSSR count). The molecule has 2 atom stereocenters. The SMILES string of the molecule is O=C(NC[C@@H]1CC(Br)=NO1)[C@@H]1CCCN1C(=O)OCc1ccccc1. The summed E-state index contributed by atoms with van der Waals surface area (Å²) in [7, 11) is 0. The monoisotopic (exact) mass is 409 g/mol. The number of carbonyl (C=O) groups excluding carboxylic acids is 2. The van der Waals surface area contributed by atoms with Gasteiger partial charge in [-0.2, -0.15) is 0 Å². The third-order valence-electron chi connectivity index (χ3n) is 4.20. The predicted molar refractivity (Wildman–Crippen MR) is 95.2 cm³/mol. The third kappa shape index (κ3) is 4.72. The molecule has 1 fully saturated rings. The molecule has 0 aliphatic carbocycles. The fourth-order valence-corrected chi connectivity index (χ4v) is 3.34. The van der Waals surface area contributed by atoms with Crippen molar-refractivity contribution in [3.63, 3.8) is 0 Å². The Labute approximate surface area is 154 Å². The molecular formula is C17H20BrN3O4. The maximum Gasteiger partial charge on any atom is 0.410 e. The average Bonchev–Trinajstić information content (AvgIpc) is 3.27. The zero-order valence-corrected chi connectivity index (χ0v) is 15.3. The zero-order valence-electron chi connectivity index (χ0n) is 13.7. The number of halogens is 1. The van der Waals surface area contributed by atoms with Crippen LogP contribution in [0.15, 0.2) is 35.5 Å². The lowest BCUT2D eigenvalue weighted by molar-refractivity contribution is -0.125. The molecule has 2 aliphatic rings. The molecule has 2 heterocycles. The molecular weight excluding hydrogens is 390 g/mol. The summed E-state index contributed by atoms with van der Waals surface area (Å²) in [6.07, 6.45) is 1.43. The van der Waals surface area contributed by atoms with Crippen molar-refractivity contribution < 1.29 is 19.2 Å². The van der Waals surface area contributed by atoms with E-state index in [0.717, 1.165) is 16.6 Å². The van der Waals surface area contributed by atoms with E-state index >= 15 is 0 Å². The van der Waals surface area contributed by atoms with Gasteiger partial charge >= 0.3 is 6.09 Å². The molecule has 2 amide bonds. The molecule has 0 aromatic heterocycles. The van der Waals surface area contributed by atoms with Gasteiger partial charge in [0.1, 0.15) is 17.3 Å². The van der Waals surface area contributed by atoms with Gasteiger partial charge in [-0.25, -0.2) is 4.79 Å². The average molecular weight is 410 g/mol.